The molecule has 0 bridgehead atoms. The third-order valence-corrected chi connectivity index (χ3v) is 5.88. The van der Waals surface area contributed by atoms with E-state index >= 15 is 0 Å². The minimum Gasteiger partial charge on any atom is -0.388 e. The molecule has 0 spiro atoms. The number of hydrogen-bond acceptors (Lipinski definition) is 4. The molecule has 1 aromatic carbocycles. The van der Waals surface area contributed by atoms with E-state index in [1.54, 1.807) is 29.6 Å². The van der Waals surface area contributed by atoms with E-state index in [1.807, 2.05) is 19.9 Å². The Morgan fingerprint density at radius 1 is 1.32 bits per heavy atom. The highest BCUT2D eigenvalue weighted by atomic mass is 32.2. The Morgan fingerprint density at radius 3 is 2.56 bits per heavy atom. The van der Waals surface area contributed by atoms with Gasteiger partial charge in [-0.05, 0) is 42.4 Å². The molecule has 0 aliphatic carbocycles. The van der Waals surface area contributed by atoms with Crippen LogP contribution in [-0.2, 0) is 10.0 Å². The van der Waals surface area contributed by atoms with Gasteiger partial charge in [-0.25, -0.2) is 8.42 Å². The number of anilines is 1. The first-order valence-corrected chi connectivity index (χ1v) is 10.2. The van der Waals surface area contributed by atoms with Gasteiger partial charge in [-0.2, -0.15) is 9.57 Å². The molecule has 0 fully saturated rings. The summed E-state index contributed by atoms with van der Waals surface area (Å²) in [5.41, 5.74) is 0.596. The predicted molar refractivity (Wildman–Crippen MR) is 103 cm³/mol. The first kappa shape index (κ1) is 21.5. The van der Waals surface area contributed by atoms with Crippen LogP contribution < -0.4 is 5.32 Å². The lowest BCUT2D eigenvalue weighted by Crippen LogP contribution is -2.41. The van der Waals surface area contributed by atoms with Crippen molar-refractivity contribution in [1.82, 2.24) is 4.31 Å². The third-order valence-electron chi connectivity index (χ3n) is 4.08. The van der Waals surface area contributed by atoms with E-state index in [4.69, 9.17) is 5.26 Å². The third kappa shape index (κ3) is 6.68. The maximum atomic E-state index is 13.2. The monoisotopic (exact) mass is 365 g/mol. The number of rotatable bonds is 10. The molecule has 1 N–H and O–H groups in total. The summed E-state index contributed by atoms with van der Waals surface area (Å²) in [5, 5.41) is 11.7. The fourth-order valence-corrected chi connectivity index (χ4v) is 4.66. The van der Waals surface area contributed by atoms with Crippen LogP contribution in [0.25, 0.3) is 0 Å². The van der Waals surface area contributed by atoms with Crippen molar-refractivity contribution in [2.45, 2.75) is 51.9 Å². The fraction of sp³-hybridized carbons (Fsp3) is 0.632. The summed E-state index contributed by atoms with van der Waals surface area (Å²) in [7, 11) is -1.79. The van der Waals surface area contributed by atoms with Gasteiger partial charge in [0.2, 0.25) is 10.0 Å². The van der Waals surface area contributed by atoms with Crippen LogP contribution in [0.4, 0.5) is 5.69 Å². The smallest absolute Gasteiger partial charge is 0.243 e. The van der Waals surface area contributed by atoms with Gasteiger partial charge in [-0.1, -0.05) is 33.8 Å². The van der Waals surface area contributed by atoms with Crippen LogP contribution >= 0.6 is 0 Å². The summed E-state index contributed by atoms with van der Waals surface area (Å²) < 4.78 is 28.0. The predicted octanol–water partition coefficient (Wildman–Crippen LogP) is 4.10. The zero-order chi connectivity index (χ0) is 19.1. The standard InChI is InChI=1S/C19H31N3O2S/c1-16(2)14-22(15-19(3,4)11-6-7-12-20)25(23,24)18-10-8-9-17(13-18)21-5/h8-10,13,16,21H,6-7,11,14-15H2,1-5H3. The van der Waals surface area contributed by atoms with Crippen LogP contribution in [0, 0.1) is 22.7 Å². The molecule has 0 heterocycles. The van der Waals surface area contributed by atoms with Crippen LogP contribution in [0.1, 0.15) is 47.0 Å². The number of benzene rings is 1. The van der Waals surface area contributed by atoms with Crippen molar-refractivity contribution in [3.8, 4) is 6.07 Å². The van der Waals surface area contributed by atoms with Gasteiger partial charge in [0.15, 0.2) is 0 Å². The van der Waals surface area contributed by atoms with Crippen LogP contribution in [0.15, 0.2) is 29.2 Å². The Labute approximate surface area is 153 Å². The molecule has 25 heavy (non-hydrogen) atoms. The van der Waals surface area contributed by atoms with E-state index in [-0.39, 0.29) is 11.3 Å². The van der Waals surface area contributed by atoms with Gasteiger partial charge in [-0.15, -0.1) is 0 Å². The van der Waals surface area contributed by atoms with Crippen LogP contribution in [0.3, 0.4) is 0 Å². The van der Waals surface area contributed by atoms with Crippen LogP contribution in [0.2, 0.25) is 0 Å². The molecule has 5 nitrogen and oxygen atoms in total. The second-order valence-corrected chi connectivity index (χ2v) is 9.58. The average Bonchev–Trinajstić information content (AvgIpc) is 2.53. The Hall–Kier alpha value is -1.58. The SMILES string of the molecule is CNc1cccc(S(=O)(=O)N(CC(C)C)CC(C)(C)CCCC#N)c1. The highest BCUT2D eigenvalue weighted by Crippen LogP contribution is 2.29. The van der Waals surface area contributed by atoms with Gasteiger partial charge in [0.1, 0.15) is 0 Å². The van der Waals surface area contributed by atoms with Gasteiger partial charge in [0.05, 0.1) is 11.0 Å². The molecular formula is C19H31N3O2S. The average molecular weight is 366 g/mol. The van der Waals surface area contributed by atoms with Crippen molar-refractivity contribution in [2.24, 2.45) is 11.3 Å². The number of nitriles is 1. The van der Waals surface area contributed by atoms with Crippen molar-refractivity contribution in [3.63, 3.8) is 0 Å². The first-order chi connectivity index (χ1) is 11.6. The molecule has 0 saturated carbocycles. The van der Waals surface area contributed by atoms with Gasteiger partial charge in [-0.3, -0.25) is 0 Å². The second-order valence-electron chi connectivity index (χ2n) is 7.65. The minimum absolute atomic E-state index is 0.181. The zero-order valence-electron chi connectivity index (χ0n) is 16.0. The maximum absolute atomic E-state index is 13.2. The summed E-state index contributed by atoms with van der Waals surface area (Å²) in [6, 6.07) is 9.07. The van der Waals surface area contributed by atoms with Gasteiger partial charge < -0.3 is 5.32 Å². The fourth-order valence-electron chi connectivity index (χ4n) is 2.82. The van der Waals surface area contributed by atoms with Crippen molar-refractivity contribution in [2.75, 3.05) is 25.5 Å². The molecular weight excluding hydrogens is 334 g/mol. The van der Waals surface area contributed by atoms with Crippen LogP contribution in [0.5, 0.6) is 0 Å². The highest BCUT2D eigenvalue weighted by Gasteiger charge is 2.31. The van der Waals surface area contributed by atoms with Gasteiger partial charge in [0, 0.05) is 32.2 Å². The molecule has 0 amide bonds. The Balaban J connectivity index is 3.09. The van der Waals surface area contributed by atoms with Crippen molar-refractivity contribution < 1.29 is 8.42 Å². The molecule has 0 unspecified atom stereocenters. The van der Waals surface area contributed by atoms with E-state index in [1.165, 1.54) is 0 Å². The molecule has 0 radical (unpaired) electrons. The summed E-state index contributed by atoms with van der Waals surface area (Å²) >= 11 is 0. The number of hydrogen-bond donors (Lipinski definition) is 1. The zero-order valence-corrected chi connectivity index (χ0v) is 16.9. The maximum Gasteiger partial charge on any atom is 0.243 e. The summed E-state index contributed by atoms with van der Waals surface area (Å²) in [6.07, 6.45) is 2.11. The number of nitrogens with one attached hydrogen (secondary N) is 1. The molecule has 0 atom stereocenters. The number of sulfonamides is 1. The normalized spacial score (nSPS) is 12.4. The van der Waals surface area contributed by atoms with Crippen molar-refractivity contribution in [1.29, 1.82) is 5.26 Å². The topological polar surface area (TPSA) is 73.2 Å². The first-order valence-electron chi connectivity index (χ1n) is 8.77. The summed E-state index contributed by atoms with van der Waals surface area (Å²) in [4.78, 5) is 0.313. The molecule has 6 heteroatoms. The molecule has 140 valence electrons. The molecule has 0 aromatic heterocycles. The quantitative estimate of drug-likeness (QED) is 0.634. The Morgan fingerprint density at radius 2 is 2.00 bits per heavy atom. The van der Waals surface area contributed by atoms with E-state index in [9.17, 15) is 8.42 Å². The lowest BCUT2D eigenvalue weighted by atomic mass is 9.87. The minimum atomic E-state index is -3.56. The number of unbranched alkanes of at least 4 members (excludes halogenated alkanes) is 1. The van der Waals surface area contributed by atoms with Crippen molar-refractivity contribution >= 4 is 15.7 Å². The van der Waals surface area contributed by atoms with E-state index in [2.05, 4.69) is 25.2 Å². The van der Waals surface area contributed by atoms with Crippen molar-refractivity contribution in [3.05, 3.63) is 24.3 Å². The second kappa shape index (κ2) is 9.21. The summed E-state index contributed by atoms with van der Waals surface area (Å²) in [6.45, 7) is 9.11. The molecule has 1 rings (SSSR count). The van der Waals surface area contributed by atoms with E-state index in [0.29, 0.717) is 24.4 Å². The highest BCUT2D eigenvalue weighted by molar-refractivity contribution is 7.89. The van der Waals surface area contributed by atoms with E-state index < -0.39 is 10.0 Å². The largest absolute Gasteiger partial charge is 0.388 e. The van der Waals surface area contributed by atoms with Gasteiger partial charge in [0.25, 0.3) is 0 Å². The molecule has 0 aliphatic rings. The lowest BCUT2D eigenvalue weighted by Gasteiger charge is -2.33. The Bertz CT molecular complexity index is 691. The van der Waals surface area contributed by atoms with Gasteiger partial charge >= 0.3 is 0 Å². The molecule has 1 aromatic rings. The van der Waals surface area contributed by atoms with Crippen LogP contribution in [-0.4, -0.2) is 32.9 Å². The Kier molecular flexibility index (Phi) is 7.91. The van der Waals surface area contributed by atoms with E-state index in [0.717, 1.165) is 18.5 Å². The molecule has 0 aliphatic heterocycles. The number of nitrogens with zero attached hydrogens (tertiary/aromatic N) is 2. The summed E-state index contributed by atoms with van der Waals surface area (Å²) in [5.74, 6) is 0.233. The lowest BCUT2D eigenvalue weighted by molar-refractivity contribution is 0.227. The molecule has 0 saturated heterocycles.